The quantitative estimate of drug-likeness (QED) is 0.688. The first-order chi connectivity index (χ1) is 7.22. The minimum absolute atomic E-state index is 0.0370. The molecule has 1 fully saturated rings. The van der Waals surface area contributed by atoms with Gasteiger partial charge in [0.1, 0.15) is 5.82 Å². The fraction of sp³-hybridized carbons (Fsp3) is 0.455. The Hall–Kier alpha value is -0.970. The fourth-order valence-corrected chi connectivity index (χ4v) is 2.10. The third-order valence-corrected chi connectivity index (χ3v) is 3.00. The highest BCUT2D eigenvalue weighted by Gasteiger charge is 2.32. The van der Waals surface area contributed by atoms with Crippen molar-refractivity contribution in [3.63, 3.8) is 0 Å². The minimum Gasteiger partial charge on any atom is -0.315 e. The lowest BCUT2D eigenvalue weighted by Crippen LogP contribution is -2.39. The van der Waals surface area contributed by atoms with Crippen LogP contribution in [0.15, 0.2) is 24.3 Å². The average molecular weight is 209 g/mol. The molecular formula is C11H16FN3. The van der Waals surface area contributed by atoms with Crippen LogP contribution in [0.2, 0.25) is 0 Å². The molecule has 1 aromatic carbocycles. The van der Waals surface area contributed by atoms with E-state index in [1.165, 1.54) is 12.1 Å². The average Bonchev–Trinajstić information content (AvgIpc) is 2.61. The molecule has 0 spiro atoms. The first-order valence-corrected chi connectivity index (χ1v) is 5.24. The Kier molecular flexibility index (Phi) is 3.00. The maximum atomic E-state index is 12.8. The lowest BCUT2D eigenvalue weighted by molar-refractivity contribution is 0.410. The van der Waals surface area contributed by atoms with Crippen LogP contribution in [0, 0.1) is 11.7 Å². The van der Waals surface area contributed by atoms with Gasteiger partial charge in [-0.05, 0) is 24.1 Å². The largest absolute Gasteiger partial charge is 0.315 e. The zero-order valence-electron chi connectivity index (χ0n) is 8.70. The number of halogens is 1. The number of hydrazine groups is 1. The van der Waals surface area contributed by atoms with E-state index in [0.29, 0.717) is 5.92 Å². The summed E-state index contributed by atoms with van der Waals surface area (Å²) < 4.78 is 12.8. The van der Waals surface area contributed by atoms with Gasteiger partial charge in [-0.3, -0.25) is 0 Å². The van der Waals surface area contributed by atoms with Crippen molar-refractivity contribution in [1.29, 1.82) is 0 Å². The van der Waals surface area contributed by atoms with E-state index < -0.39 is 0 Å². The summed E-state index contributed by atoms with van der Waals surface area (Å²) in [4.78, 5) is 0. The Labute approximate surface area is 88.8 Å². The molecule has 1 heterocycles. The van der Waals surface area contributed by atoms with Gasteiger partial charge in [-0.15, -0.1) is 0 Å². The smallest absolute Gasteiger partial charge is 0.123 e. The van der Waals surface area contributed by atoms with Gasteiger partial charge in [0.2, 0.25) is 0 Å². The summed E-state index contributed by atoms with van der Waals surface area (Å²) in [7, 11) is 0. The monoisotopic (exact) mass is 209 g/mol. The van der Waals surface area contributed by atoms with E-state index >= 15 is 0 Å². The molecule has 1 aromatic rings. The minimum atomic E-state index is -0.206. The lowest BCUT2D eigenvalue weighted by Gasteiger charge is -2.19. The highest BCUT2D eigenvalue weighted by molar-refractivity contribution is 5.22. The van der Waals surface area contributed by atoms with Crippen molar-refractivity contribution in [2.24, 2.45) is 11.7 Å². The van der Waals surface area contributed by atoms with Crippen molar-refractivity contribution in [3.05, 3.63) is 35.6 Å². The Morgan fingerprint density at radius 2 is 1.93 bits per heavy atom. The maximum absolute atomic E-state index is 12.8. The van der Waals surface area contributed by atoms with Gasteiger partial charge in [0.05, 0.1) is 12.2 Å². The SMILES string of the molecule is CCC1C(N)NNC1c1ccc(F)cc1. The second-order valence-corrected chi connectivity index (χ2v) is 3.92. The molecular weight excluding hydrogens is 193 g/mol. The van der Waals surface area contributed by atoms with Gasteiger partial charge < -0.3 is 5.73 Å². The summed E-state index contributed by atoms with van der Waals surface area (Å²) in [5.74, 6) is 0.137. The zero-order chi connectivity index (χ0) is 10.8. The number of nitrogens with one attached hydrogen (secondary N) is 2. The molecule has 1 aliphatic rings. The molecule has 0 amide bonds. The molecule has 1 aliphatic heterocycles. The summed E-state index contributed by atoms with van der Waals surface area (Å²) in [5.41, 5.74) is 13.1. The molecule has 0 saturated carbocycles. The first-order valence-electron chi connectivity index (χ1n) is 5.24. The Morgan fingerprint density at radius 1 is 1.27 bits per heavy atom. The Bertz CT molecular complexity index is 325. The van der Waals surface area contributed by atoms with Gasteiger partial charge in [-0.25, -0.2) is 15.2 Å². The molecule has 0 radical (unpaired) electrons. The van der Waals surface area contributed by atoms with Crippen LogP contribution < -0.4 is 16.6 Å². The summed E-state index contributed by atoms with van der Waals surface area (Å²) in [6, 6.07) is 6.73. The molecule has 15 heavy (non-hydrogen) atoms. The highest BCUT2D eigenvalue weighted by atomic mass is 19.1. The van der Waals surface area contributed by atoms with E-state index in [1.807, 2.05) is 0 Å². The summed E-state index contributed by atoms with van der Waals surface area (Å²) >= 11 is 0. The van der Waals surface area contributed by atoms with Crippen LogP contribution in [-0.4, -0.2) is 6.17 Å². The molecule has 3 atom stereocenters. The van der Waals surface area contributed by atoms with Crippen molar-refractivity contribution < 1.29 is 4.39 Å². The zero-order valence-corrected chi connectivity index (χ0v) is 8.70. The van der Waals surface area contributed by atoms with E-state index in [2.05, 4.69) is 17.8 Å². The van der Waals surface area contributed by atoms with Crippen LogP contribution in [0.25, 0.3) is 0 Å². The highest BCUT2D eigenvalue weighted by Crippen LogP contribution is 2.29. The second-order valence-electron chi connectivity index (χ2n) is 3.92. The number of benzene rings is 1. The summed E-state index contributed by atoms with van der Waals surface area (Å²) in [6.45, 7) is 2.11. The number of rotatable bonds is 2. The third kappa shape index (κ3) is 2.02. The van der Waals surface area contributed by atoms with Gasteiger partial charge in [0.25, 0.3) is 0 Å². The second kappa shape index (κ2) is 4.26. The van der Waals surface area contributed by atoms with Crippen molar-refractivity contribution in [3.8, 4) is 0 Å². The molecule has 1 saturated heterocycles. The summed E-state index contributed by atoms with van der Waals surface area (Å²) in [5, 5.41) is 0. The predicted molar refractivity (Wildman–Crippen MR) is 57.2 cm³/mol. The Balaban J connectivity index is 2.20. The number of hydrogen-bond acceptors (Lipinski definition) is 3. The third-order valence-electron chi connectivity index (χ3n) is 3.00. The number of nitrogens with two attached hydrogens (primary N) is 1. The van der Waals surface area contributed by atoms with Gasteiger partial charge in [0, 0.05) is 5.92 Å². The molecule has 4 heteroatoms. The molecule has 3 unspecified atom stereocenters. The molecule has 82 valence electrons. The van der Waals surface area contributed by atoms with Crippen LogP contribution in [0.1, 0.15) is 24.9 Å². The van der Waals surface area contributed by atoms with Gasteiger partial charge in [-0.2, -0.15) is 0 Å². The van der Waals surface area contributed by atoms with E-state index in [0.717, 1.165) is 12.0 Å². The van der Waals surface area contributed by atoms with Crippen molar-refractivity contribution in [2.45, 2.75) is 25.6 Å². The van der Waals surface area contributed by atoms with Gasteiger partial charge >= 0.3 is 0 Å². The summed E-state index contributed by atoms with van der Waals surface area (Å²) in [6.07, 6.45) is 0.952. The van der Waals surface area contributed by atoms with Crippen LogP contribution in [0.3, 0.4) is 0 Å². The molecule has 2 rings (SSSR count). The maximum Gasteiger partial charge on any atom is 0.123 e. The van der Waals surface area contributed by atoms with Crippen LogP contribution in [0.5, 0.6) is 0 Å². The molecule has 0 aromatic heterocycles. The Morgan fingerprint density at radius 3 is 2.53 bits per heavy atom. The van der Waals surface area contributed by atoms with Crippen molar-refractivity contribution in [2.75, 3.05) is 0 Å². The lowest BCUT2D eigenvalue weighted by atomic mass is 9.91. The van der Waals surface area contributed by atoms with E-state index in [4.69, 9.17) is 5.73 Å². The fourth-order valence-electron chi connectivity index (χ4n) is 2.10. The van der Waals surface area contributed by atoms with Crippen molar-refractivity contribution in [1.82, 2.24) is 10.9 Å². The van der Waals surface area contributed by atoms with Gasteiger partial charge in [0.15, 0.2) is 0 Å². The van der Waals surface area contributed by atoms with Gasteiger partial charge in [-0.1, -0.05) is 19.1 Å². The molecule has 4 N–H and O–H groups in total. The van der Waals surface area contributed by atoms with Crippen LogP contribution in [-0.2, 0) is 0 Å². The van der Waals surface area contributed by atoms with Crippen molar-refractivity contribution >= 4 is 0 Å². The molecule has 0 bridgehead atoms. The van der Waals surface area contributed by atoms with Crippen LogP contribution >= 0.6 is 0 Å². The topological polar surface area (TPSA) is 50.1 Å². The molecule has 3 nitrogen and oxygen atoms in total. The standard InChI is InChI=1S/C11H16FN3/c1-2-9-10(14-15-11(9)13)7-3-5-8(12)6-4-7/h3-6,9-11,14-15H,2,13H2,1H3. The number of hydrogen-bond donors (Lipinski definition) is 3. The molecule has 0 aliphatic carbocycles. The first kappa shape index (κ1) is 10.5. The van der Waals surface area contributed by atoms with E-state index in [1.54, 1.807) is 12.1 Å². The van der Waals surface area contributed by atoms with Crippen LogP contribution in [0.4, 0.5) is 4.39 Å². The predicted octanol–water partition coefficient (Wildman–Crippen LogP) is 1.29. The normalized spacial score (nSPS) is 30.7. The van der Waals surface area contributed by atoms with E-state index in [9.17, 15) is 4.39 Å². The van der Waals surface area contributed by atoms with E-state index in [-0.39, 0.29) is 18.0 Å².